The van der Waals surface area contributed by atoms with Crippen molar-refractivity contribution in [1.29, 1.82) is 0 Å². The highest BCUT2D eigenvalue weighted by Gasteiger charge is 2.22. The average Bonchev–Trinajstić information content (AvgIpc) is 2.38. The van der Waals surface area contributed by atoms with Gasteiger partial charge in [-0.3, -0.25) is 0 Å². The second-order valence-electron chi connectivity index (χ2n) is 6.10. The molecule has 0 aromatic carbocycles. The molecule has 1 fully saturated rings. The molecule has 1 saturated heterocycles. The van der Waals surface area contributed by atoms with Crippen LogP contribution in [-0.4, -0.2) is 34.8 Å². The van der Waals surface area contributed by atoms with Gasteiger partial charge < -0.3 is 10.0 Å². The van der Waals surface area contributed by atoms with E-state index in [1.807, 2.05) is 12.3 Å². The smallest absolute Gasteiger partial charge is 0.135 e. The molecular weight excluding hydrogens is 226 g/mol. The number of nitrogens with zero attached hydrogens (tertiary/aromatic N) is 3. The van der Waals surface area contributed by atoms with Gasteiger partial charge in [0.15, 0.2) is 0 Å². The van der Waals surface area contributed by atoms with Gasteiger partial charge in [0.05, 0.1) is 0 Å². The van der Waals surface area contributed by atoms with Crippen LogP contribution in [0.15, 0.2) is 12.3 Å². The Labute approximate surface area is 109 Å². The van der Waals surface area contributed by atoms with E-state index in [4.69, 9.17) is 5.11 Å². The third-order valence-corrected chi connectivity index (χ3v) is 3.51. The lowest BCUT2D eigenvalue weighted by atomic mass is 9.95. The summed E-state index contributed by atoms with van der Waals surface area (Å²) in [4.78, 5) is 11.3. The summed E-state index contributed by atoms with van der Waals surface area (Å²) < 4.78 is 0. The molecule has 2 rings (SSSR count). The minimum atomic E-state index is -0.0145. The maximum atomic E-state index is 9.15. The monoisotopic (exact) mass is 249 g/mol. The molecule has 1 aromatic heterocycles. The maximum absolute atomic E-state index is 9.15. The van der Waals surface area contributed by atoms with Crippen LogP contribution in [0.3, 0.4) is 0 Å². The molecule has 4 heteroatoms. The van der Waals surface area contributed by atoms with E-state index >= 15 is 0 Å². The molecule has 0 aliphatic carbocycles. The van der Waals surface area contributed by atoms with Crippen LogP contribution >= 0.6 is 0 Å². The first-order chi connectivity index (χ1) is 8.50. The molecule has 0 unspecified atom stereocenters. The molecule has 4 nitrogen and oxygen atoms in total. The van der Waals surface area contributed by atoms with E-state index in [2.05, 4.69) is 35.6 Å². The summed E-state index contributed by atoms with van der Waals surface area (Å²) in [7, 11) is 0. The summed E-state index contributed by atoms with van der Waals surface area (Å²) in [6.07, 6.45) is 3.94. The number of hydrogen-bond donors (Lipinski definition) is 1. The summed E-state index contributed by atoms with van der Waals surface area (Å²) in [6.45, 7) is 8.65. The lowest BCUT2D eigenvalue weighted by Crippen LogP contribution is -2.35. The van der Waals surface area contributed by atoms with Crippen molar-refractivity contribution in [2.45, 2.75) is 39.0 Å². The molecular formula is C14H23N3O. The fraction of sp³-hybridized carbons (Fsp3) is 0.714. The van der Waals surface area contributed by atoms with Crippen LogP contribution in [0, 0.1) is 5.92 Å². The second kappa shape index (κ2) is 5.22. The number of aliphatic hydroxyl groups is 1. The normalized spacial score (nSPS) is 18.1. The summed E-state index contributed by atoms with van der Waals surface area (Å²) in [5.74, 6) is 2.38. The van der Waals surface area contributed by atoms with Crippen molar-refractivity contribution in [3.63, 3.8) is 0 Å². The van der Waals surface area contributed by atoms with Gasteiger partial charge in [0.2, 0.25) is 0 Å². The highest BCUT2D eigenvalue weighted by atomic mass is 16.3. The topological polar surface area (TPSA) is 49.2 Å². The molecule has 0 atom stereocenters. The molecule has 0 bridgehead atoms. The summed E-state index contributed by atoms with van der Waals surface area (Å²) in [5, 5.41) is 9.15. The lowest BCUT2D eigenvalue weighted by molar-refractivity contribution is 0.202. The van der Waals surface area contributed by atoms with Crippen molar-refractivity contribution < 1.29 is 5.11 Å². The van der Waals surface area contributed by atoms with E-state index in [0.717, 1.165) is 37.6 Å². The van der Waals surface area contributed by atoms with Gasteiger partial charge in [-0.05, 0) is 24.8 Å². The number of anilines is 1. The van der Waals surface area contributed by atoms with Crippen LogP contribution in [0.1, 0.15) is 39.4 Å². The highest BCUT2D eigenvalue weighted by Crippen LogP contribution is 2.24. The Morgan fingerprint density at radius 2 is 2.00 bits per heavy atom. The third kappa shape index (κ3) is 2.99. The van der Waals surface area contributed by atoms with E-state index < -0.39 is 0 Å². The summed E-state index contributed by atoms with van der Waals surface area (Å²) in [5.41, 5.74) is -0.0145. The number of piperidine rings is 1. The van der Waals surface area contributed by atoms with Crippen molar-refractivity contribution in [2.24, 2.45) is 5.92 Å². The molecule has 0 radical (unpaired) electrons. The van der Waals surface area contributed by atoms with Crippen LogP contribution in [-0.2, 0) is 5.41 Å². The molecule has 100 valence electrons. The van der Waals surface area contributed by atoms with Crippen molar-refractivity contribution >= 4 is 5.82 Å². The van der Waals surface area contributed by atoms with Gasteiger partial charge in [0.25, 0.3) is 0 Å². The zero-order valence-electron chi connectivity index (χ0n) is 11.6. The quantitative estimate of drug-likeness (QED) is 0.870. The largest absolute Gasteiger partial charge is 0.396 e. The molecule has 1 aliphatic heterocycles. The van der Waals surface area contributed by atoms with Crippen LogP contribution in [0.2, 0.25) is 0 Å². The first kappa shape index (κ1) is 13.3. The number of aromatic nitrogens is 2. The van der Waals surface area contributed by atoms with E-state index in [1.165, 1.54) is 0 Å². The van der Waals surface area contributed by atoms with Gasteiger partial charge in [-0.15, -0.1) is 0 Å². The Morgan fingerprint density at radius 3 is 2.56 bits per heavy atom. The fourth-order valence-electron chi connectivity index (χ4n) is 2.23. The van der Waals surface area contributed by atoms with Crippen molar-refractivity contribution in [2.75, 3.05) is 24.6 Å². The zero-order chi connectivity index (χ0) is 13.2. The van der Waals surface area contributed by atoms with Gasteiger partial charge in [-0.1, -0.05) is 20.8 Å². The number of aliphatic hydroxyl groups excluding tert-OH is 1. The first-order valence-corrected chi connectivity index (χ1v) is 6.70. The van der Waals surface area contributed by atoms with E-state index in [0.29, 0.717) is 12.5 Å². The standard InChI is InChI=1S/C14H23N3O/c1-14(2,3)13-15-7-4-12(16-13)17-8-5-11(10-18)6-9-17/h4,7,11,18H,5-6,8-10H2,1-3H3. The SMILES string of the molecule is CC(C)(C)c1nccc(N2CCC(CO)CC2)n1. The molecule has 0 amide bonds. The molecule has 0 saturated carbocycles. The van der Waals surface area contributed by atoms with Gasteiger partial charge in [0.1, 0.15) is 11.6 Å². The average molecular weight is 249 g/mol. The fourth-order valence-corrected chi connectivity index (χ4v) is 2.23. The van der Waals surface area contributed by atoms with Crippen LogP contribution in [0.4, 0.5) is 5.82 Å². The number of rotatable bonds is 2. The molecule has 0 spiro atoms. The first-order valence-electron chi connectivity index (χ1n) is 6.70. The Bertz CT molecular complexity index is 392. The van der Waals surface area contributed by atoms with Crippen molar-refractivity contribution in [3.8, 4) is 0 Å². The third-order valence-electron chi connectivity index (χ3n) is 3.51. The minimum Gasteiger partial charge on any atom is -0.396 e. The van der Waals surface area contributed by atoms with Crippen LogP contribution in [0.25, 0.3) is 0 Å². The van der Waals surface area contributed by atoms with Crippen molar-refractivity contribution in [3.05, 3.63) is 18.1 Å². The second-order valence-corrected chi connectivity index (χ2v) is 6.10. The van der Waals surface area contributed by atoms with E-state index in [-0.39, 0.29) is 5.41 Å². The Morgan fingerprint density at radius 1 is 1.33 bits per heavy atom. The molecule has 1 aromatic rings. The summed E-state index contributed by atoms with van der Waals surface area (Å²) in [6, 6.07) is 1.98. The molecule has 1 aliphatic rings. The van der Waals surface area contributed by atoms with Crippen LogP contribution in [0.5, 0.6) is 0 Å². The highest BCUT2D eigenvalue weighted by molar-refractivity contribution is 5.38. The lowest BCUT2D eigenvalue weighted by Gasteiger charge is -2.32. The molecule has 1 N–H and O–H groups in total. The Hall–Kier alpha value is -1.16. The van der Waals surface area contributed by atoms with Gasteiger partial charge in [0, 0.05) is 31.3 Å². The number of hydrogen-bond acceptors (Lipinski definition) is 4. The Kier molecular flexibility index (Phi) is 3.85. The van der Waals surface area contributed by atoms with E-state index in [1.54, 1.807) is 0 Å². The zero-order valence-corrected chi connectivity index (χ0v) is 11.6. The predicted octanol–water partition coefficient (Wildman–Crippen LogP) is 1.98. The van der Waals surface area contributed by atoms with Gasteiger partial charge >= 0.3 is 0 Å². The van der Waals surface area contributed by atoms with Gasteiger partial charge in [-0.25, -0.2) is 9.97 Å². The van der Waals surface area contributed by atoms with Crippen LogP contribution < -0.4 is 4.90 Å². The molecule has 18 heavy (non-hydrogen) atoms. The van der Waals surface area contributed by atoms with Crippen molar-refractivity contribution in [1.82, 2.24) is 9.97 Å². The minimum absolute atomic E-state index is 0.0145. The predicted molar refractivity (Wildman–Crippen MR) is 72.8 cm³/mol. The Balaban J connectivity index is 2.10. The maximum Gasteiger partial charge on any atom is 0.135 e. The summed E-state index contributed by atoms with van der Waals surface area (Å²) >= 11 is 0. The van der Waals surface area contributed by atoms with Gasteiger partial charge in [-0.2, -0.15) is 0 Å². The molecule has 2 heterocycles. The van der Waals surface area contributed by atoms with E-state index in [9.17, 15) is 0 Å².